The van der Waals surface area contributed by atoms with Gasteiger partial charge in [0, 0.05) is 36.1 Å². The fourth-order valence-electron chi connectivity index (χ4n) is 4.06. The third kappa shape index (κ3) is 5.48. The number of nitrogens with zero attached hydrogens (tertiary/aromatic N) is 2. The average molecular weight is 443 g/mol. The molecule has 0 bridgehead atoms. The molecule has 164 valence electrons. The molecule has 2 heterocycles. The lowest BCUT2D eigenvalue weighted by atomic mass is 9.93. The first-order valence-electron chi connectivity index (χ1n) is 10.6. The van der Waals surface area contributed by atoms with Crippen LogP contribution in [0.5, 0.6) is 0 Å². The summed E-state index contributed by atoms with van der Waals surface area (Å²) in [7, 11) is 0. The van der Waals surface area contributed by atoms with Crippen LogP contribution in [0.25, 0.3) is 0 Å². The molecule has 0 atom stereocenters. The number of amides is 3. The molecule has 9 heteroatoms. The highest BCUT2D eigenvalue weighted by Crippen LogP contribution is 2.31. The number of aromatic nitrogens is 1. The molecule has 2 aliphatic rings. The summed E-state index contributed by atoms with van der Waals surface area (Å²) in [5.74, 6) is 0.0141. The van der Waals surface area contributed by atoms with E-state index in [2.05, 4.69) is 15.6 Å². The second-order valence-electron chi connectivity index (χ2n) is 7.81. The van der Waals surface area contributed by atoms with E-state index in [-0.39, 0.29) is 24.0 Å². The zero-order valence-electron chi connectivity index (χ0n) is 17.3. The fourth-order valence-corrected chi connectivity index (χ4v) is 4.58. The van der Waals surface area contributed by atoms with Gasteiger partial charge in [0.15, 0.2) is 10.9 Å². The van der Waals surface area contributed by atoms with Gasteiger partial charge in [0.25, 0.3) is 0 Å². The number of carbonyl (C=O) groups is 3. The highest BCUT2D eigenvalue weighted by atomic mass is 32.1. The zero-order chi connectivity index (χ0) is 21.6. The van der Waals surface area contributed by atoms with Gasteiger partial charge in [-0.25, -0.2) is 9.78 Å². The molecule has 8 nitrogen and oxygen atoms in total. The van der Waals surface area contributed by atoms with Crippen molar-refractivity contribution < 1.29 is 19.1 Å². The third-order valence-electron chi connectivity index (χ3n) is 5.70. The van der Waals surface area contributed by atoms with Gasteiger partial charge in [-0.2, -0.15) is 0 Å². The molecule has 1 saturated heterocycles. The van der Waals surface area contributed by atoms with Gasteiger partial charge in [0.2, 0.25) is 5.91 Å². The largest absolute Gasteiger partial charge is 0.378 e. The second-order valence-corrected chi connectivity index (χ2v) is 8.71. The second kappa shape index (κ2) is 10.0. The Morgan fingerprint density at radius 1 is 1.13 bits per heavy atom. The molecule has 1 aromatic heterocycles. The Balaban J connectivity index is 1.52. The number of benzene rings is 1. The number of Topliss-reactive ketones (excluding diaryl/α,β-unsaturated/α-hetero) is 1. The number of morpholine rings is 1. The Morgan fingerprint density at radius 3 is 2.61 bits per heavy atom. The van der Waals surface area contributed by atoms with E-state index in [1.54, 1.807) is 34.7 Å². The summed E-state index contributed by atoms with van der Waals surface area (Å²) in [6.45, 7) is 2.27. The standard InChI is InChI=1S/C22H26N4O4S/c27-19(26-8-10-30-11-9-26)14-15-5-6-18(24-21(29)25-22-23-7-12-31-22)17(13-15)20(28)16-3-1-2-4-16/h5-7,12-13,16H,1-4,8-11,14H2,(H2,23,24,25,29). The number of ketones is 1. The number of urea groups is 1. The summed E-state index contributed by atoms with van der Waals surface area (Å²) >= 11 is 1.31. The van der Waals surface area contributed by atoms with Gasteiger partial charge in [-0.1, -0.05) is 18.9 Å². The van der Waals surface area contributed by atoms with Crippen LogP contribution in [0.3, 0.4) is 0 Å². The quantitative estimate of drug-likeness (QED) is 0.666. The summed E-state index contributed by atoms with van der Waals surface area (Å²) in [6, 6.07) is 4.82. The van der Waals surface area contributed by atoms with Crippen LogP contribution < -0.4 is 10.6 Å². The number of rotatable bonds is 6. The van der Waals surface area contributed by atoms with E-state index in [4.69, 9.17) is 4.74 Å². The van der Waals surface area contributed by atoms with Crippen LogP contribution in [-0.4, -0.2) is 53.9 Å². The Bertz CT molecular complexity index is 935. The maximum absolute atomic E-state index is 13.2. The smallest absolute Gasteiger partial charge is 0.325 e. The number of ether oxygens (including phenoxy) is 1. The predicted molar refractivity (Wildman–Crippen MR) is 119 cm³/mol. The van der Waals surface area contributed by atoms with E-state index >= 15 is 0 Å². The van der Waals surface area contributed by atoms with Crippen molar-refractivity contribution in [3.63, 3.8) is 0 Å². The first-order chi connectivity index (χ1) is 15.1. The highest BCUT2D eigenvalue weighted by Gasteiger charge is 2.27. The lowest BCUT2D eigenvalue weighted by molar-refractivity contribution is -0.134. The first-order valence-corrected chi connectivity index (χ1v) is 11.5. The van der Waals surface area contributed by atoms with E-state index in [1.807, 2.05) is 0 Å². The van der Waals surface area contributed by atoms with Crippen molar-refractivity contribution in [2.75, 3.05) is 36.9 Å². The van der Waals surface area contributed by atoms with Crippen LogP contribution in [0.2, 0.25) is 0 Å². The normalized spacial score (nSPS) is 16.8. The minimum absolute atomic E-state index is 0.0183. The average Bonchev–Trinajstić information content (AvgIpc) is 3.49. The topological polar surface area (TPSA) is 101 Å². The van der Waals surface area contributed by atoms with Gasteiger partial charge in [0.1, 0.15) is 0 Å². The summed E-state index contributed by atoms with van der Waals surface area (Å²) in [5, 5.41) is 7.70. The molecule has 1 saturated carbocycles. The van der Waals surface area contributed by atoms with E-state index in [1.165, 1.54) is 11.3 Å². The van der Waals surface area contributed by atoms with Gasteiger partial charge in [-0.3, -0.25) is 14.9 Å². The third-order valence-corrected chi connectivity index (χ3v) is 6.38. The molecular formula is C22H26N4O4S. The van der Waals surface area contributed by atoms with Crippen molar-refractivity contribution in [2.45, 2.75) is 32.1 Å². The lowest BCUT2D eigenvalue weighted by Gasteiger charge is -2.27. The van der Waals surface area contributed by atoms with Crippen molar-refractivity contribution in [1.29, 1.82) is 0 Å². The Labute approximate surface area is 185 Å². The number of nitrogens with one attached hydrogen (secondary N) is 2. The highest BCUT2D eigenvalue weighted by molar-refractivity contribution is 7.13. The van der Waals surface area contributed by atoms with Crippen molar-refractivity contribution in [1.82, 2.24) is 9.88 Å². The SMILES string of the molecule is O=C(Nc1nccs1)Nc1ccc(CC(=O)N2CCOCC2)cc1C(=O)C1CCCC1. The van der Waals surface area contributed by atoms with Crippen molar-refractivity contribution in [2.24, 2.45) is 5.92 Å². The molecule has 3 amide bonds. The number of thiazole rings is 1. The molecule has 0 spiro atoms. The number of hydrogen-bond donors (Lipinski definition) is 2. The van der Waals surface area contributed by atoms with Crippen LogP contribution in [0, 0.1) is 5.92 Å². The molecule has 1 aromatic carbocycles. The van der Waals surface area contributed by atoms with Gasteiger partial charge in [-0.15, -0.1) is 11.3 Å². The predicted octanol–water partition coefficient (Wildman–Crippen LogP) is 3.56. The molecular weight excluding hydrogens is 416 g/mol. The molecule has 4 rings (SSSR count). The Hall–Kier alpha value is -2.78. The maximum Gasteiger partial charge on any atom is 0.325 e. The fraction of sp³-hybridized carbons (Fsp3) is 0.455. The van der Waals surface area contributed by atoms with Crippen molar-refractivity contribution in [3.8, 4) is 0 Å². The van der Waals surface area contributed by atoms with Crippen molar-refractivity contribution >= 4 is 39.9 Å². The monoisotopic (exact) mass is 442 g/mol. The minimum Gasteiger partial charge on any atom is -0.378 e. The maximum atomic E-state index is 13.2. The van der Waals surface area contributed by atoms with Crippen molar-refractivity contribution in [3.05, 3.63) is 40.9 Å². The van der Waals surface area contributed by atoms with Gasteiger partial charge >= 0.3 is 6.03 Å². The molecule has 2 aromatic rings. The van der Waals surface area contributed by atoms with Crippen LogP contribution in [0.4, 0.5) is 15.6 Å². The first kappa shape index (κ1) is 21.5. The van der Waals surface area contributed by atoms with E-state index in [9.17, 15) is 14.4 Å². The summed E-state index contributed by atoms with van der Waals surface area (Å²) in [6.07, 6.45) is 5.63. The summed E-state index contributed by atoms with van der Waals surface area (Å²) < 4.78 is 5.31. The molecule has 1 aliphatic carbocycles. The van der Waals surface area contributed by atoms with Gasteiger partial charge < -0.3 is 15.0 Å². The van der Waals surface area contributed by atoms with Crippen LogP contribution in [0.15, 0.2) is 29.8 Å². The van der Waals surface area contributed by atoms with Gasteiger partial charge in [-0.05, 0) is 30.5 Å². The minimum atomic E-state index is -0.451. The summed E-state index contributed by atoms with van der Waals surface area (Å²) in [4.78, 5) is 44.1. The molecule has 0 unspecified atom stereocenters. The van der Waals surface area contributed by atoms with E-state index in [0.29, 0.717) is 42.7 Å². The number of anilines is 2. The van der Waals surface area contributed by atoms with Gasteiger partial charge in [0.05, 0.1) is 25.3 Å². The zero-order valence-corrected chi connectivity index (χ0v) is 18.1. The summed E-state index contributed by atoms with van der Waals surface area (Å²) in [5.41, 5.74) is 1.69. The lowest BCUT2D eigenvalue weighted by Crippen LogP contribution is -2.41. The van der Waals surface area contributed by atoms with Crippen LogP contribution in [0.1, 0.15) is 41.6 Å². The van der Waals surface area contributed by atoms with E-state index in [0.717, 1.165) is 31.2 Å². The molecule has 1 aliphatic heterocycles. The Kier molecular flexibility index (Phi) is 6.93. The van der Waals surface area contributed by atoms with E-state index < -0.39 is 6.03 Å². The van der Waals surface area contributed by atoms with Crippen LogP contribution in [-0.2, 0) is 16.0 Å². The number of carbonyl (C=O) groups excluding carboxylic acids is 3. The molecule has 2 fully saturated rings. The molecule has 0 radical (unpaired) electrons. The molecule has 31 heavy (non-hydrogen) atoms. The Morgan fingerprint density at radius 2 is 1.90 bits per heavy atom. The molecule has 2 N–H and O–H groups in total. The number of hydrogen-bond acceptors (Lipinski definition) is 6. The van der Waals surface area contributed by atoms with Crippen LogP contribution >= 0.6 is 11.3 Å².